The van der Waals surface area contributed by atoms with Gasteiger partial charge in [-0.3, -0.25) is 9.78 Å². The highest BCUT2D eigenvalue weighted by Gasteiger charge is 2.08. The largest absolute Gasteiger partial charge is 0.289 e. The number of aryl methyl sites for hydroxylation is 2. The summed E-state index contributed by atoms with van der Waals surface area (Å²) in [6.07, 6.45) is 6.82. The van der Waals surface area contributed by atoms with Gasteiger partial charge in [0.2, 0.25) is 0 Å². The summed E-state index contributed by atoms with van der Waals surface area (Å²) < 4.78 is 0. The molecule has 30 heavy (non-hydrogen) atoms. The Morgan fingerprint density at radius 1 is 0.867 bits per heavy atom. The van der Waals surface area contributed by atoms with E-state index in [-0.39, 0.29) is 5.78 Å². The number of rotatable bonds is 3. The van der Waals surface area contributed by atoms with Gasteiger partial charge in [0.25, 0.3) is 0 Å². The first-order valence-corrected chi connectivity index (χ1v) is 10.7. The lowest BCUT2D eigenvalue weighted by atomic mass is 9.93. The minimum atomic E-state index is -0.0387. The van der Waals surface area contributed by atoms with Crippen LogP contribution >= 0.6 is 0 Å². The summed E-state index contributed by atoms with van der Waals surface area (Å²) in [6.45, 7) is 12.2. The van der Waals surface area contributed by atoms with E-state index in [2.05, 4.69) is 61.3 Å². The number of pyridine rings is 1. The van der Waals surface area contributed by atoms with Crippen LogP contribution in [0.2, 0.25) is 0 Å². The van der Waals surface area contributed by atoms with Crippen LogP contribution in [0.1, 0.15) is 54.7 Å². The molecule has 0 spiro atoms. The van der Waals surface area contributed by atoms with Gasteiger partial charge in [0.1, 0.15) is 0 Å². The van der Waals surface area contributed by atoms with Crippen molar-refractivity contribution < 1.29 is 4.79 Å². The van der Waals surface area contributed by atoms with E-state index in [1.54, 1.807) is 30.6 Å². The fraction of sp³-hybridized carbons (Fsp3) is 0.214. The molecule has 3 aromatic carbocycles. The number of hydrogen-bond acceptors (Lipinski definition) is 2. The third kappa shape index (κ3) is 5.01. The molecule has 0 radical (unpaired) electrons. The molecule has 0 saturated heterocycles. The quantitative estimate of drug-likeness (QED) is 0.199. The fourth-order valence-electron chi connectivity index (χ4n) is 3.45. The molecule has 0 N–H and O–H groups in total. The Hall–Kier alpha value is -3.26. The fourth-order valence-corrected chi connectivity index (χ4v) is 3.45. The van der Waals surface area contributed by atoms with Gasteiger partial charge in [0.05, 0.1) is 0 Å². The summed E-state index contributed by atoms with van der Waals surface area (Å²) in [5.41, 5.74) is 4.12. The second-order valence-electron chi connectivity index (χ2n) is 6.63. The number of aromatic nitrogens is 1. The Bertz CT molecular complexity index is 1160. The van der Waals surface area contributed by atoms with Crippen LogP contribution in [0.15, 0.2) is 73.1 Å². The molecule has 0 atom stereocenters. The first-order chi connectivity index (χ1) is 14.6. The molecule has 0 aliphatic heterocycles. The van der Waals surface area contributed by atoms with Crippen LogP contribution < -0.4 is 0 Å². The minimum absolute atomic E-state index is 0.0387. The van der Waals surface area contributed by atoms with Crippen molar-refractivity contribution in [1.82, 2.24) is 4.98 Å². The normalized spacial score (nSPS) is 10.3. The van der Waals surface area contributed by atoms with Crippen molar-refractivity contribution >= 4 is 33.4 Å². The van der Waals surface area contributed by atoms with Crippen LogP contribution in [0, 0.1) is 13.8 Å². The zero-order valence-corrected chi connectivity index (χ0v) is 18.9. The monoisotopic (exact) mass is 397 g/mol. The summed E-state index contributed by atoms with van der Waals surface area (Å²) in [4.78, 5) is 16.4. The molecule has 0 saturated carbocycles. The molecule has 1 heterocycles. The summed E-state index contributed by atoms with van der Waals surface area (Å²) in [7, 11) is 0. The maximum atomic E-state index is 12.4. The van der Waals surface area contributed by atoms with E-state index in [9.17, 15) is 4.79 Å². The molecule has 4 rings (SSSR count). The number of allylic oxidation sites excluding steroid dienone is 1. The number of carbonyl (C=O) groups excluding carboxylic acids is 1. The average molecular weight is 398 g/mol. The summed E-state index contributed by atoms with van der Waals surface area (Å²) >= 11 is 0. The van der Waals surface area contributed by atoms with E-state index >= 15 is 0 Å². The van der Waals surface area contributed by atoms with E-state index in [1.165, 1.54) is 27.3 Å². The van der Waals surface area contributed by atoms with E-state index in [0.717, 1.165) is 10.9 Å². The number of fused-ring (bicyclic) bond motifs is 3. The first-order valence-electron chi connectivity index (χ1n) is 10.7. The predicted molar refractivity (Wildman–Crippen MR) is 131 cm³/mol. The van der Waals surface area contributed by atoms with Gasteiger partial charge in [-0.15, -0.1) is 0 Å². The molecule has 2 heteroatoms. The second kappa shape index (κ2) is 11.1. The smallest absolute Gasteiger partial charge is 0.187 e. The van der Waals surface area contributed by atoms with Gasteiger partial charge in [-0.1, -0.05) is 75.7 Å². The van der Waals surface area contributed by atoms with Crippen LogP contribution in [-0.4, -0.2) is 10.8 Å². The molecule has 154 valence electrons. The lowest BCUT2D eigenvalue weighted by molar-refractivity contribution is 0.104. The highest BCUT2D eigenvalue weighted by atomic mass is 16.1. The Balaban J connectivity index is 0.000000757. The first kappa shape index (κ1) is 23.0. The van der Waals surface area contributed by atoms with E-state index in [1.807, 2.05) is 33.8 Å². The summed E-state index contributed by atoms with van der Waals surface area (Å²) in [5, 5.41) is 4.86. The highest BCUT2D eigenvalue weighted by molar-refractivity contribution is 6.14. The van der Waals surface area contributed by atoms with Crippen molar-refractivity contribution in [3.8, 4) is 0 Å². The van der Waals surface area contributed by atoms with Crippen LogP contribution in [0.25, 0.3) is 27.6 Å². The number of hydrogen-bond donors (Lipinski definition) is 0. The Labute approximate surface area is 180 Å². The van der Waals surface area contributed by atoms with Crippen molar-refractivity contribution in [2.75, 3.05) is 0 Å². The summed E-state index contributed by atoms with van der Waals surface area (Å²) in [6, 6.07) is 18.6. The molecule has 0 amide bonds. The van der Waals surface area contributed by atoms with Gasteiger partial charge in [-0.2, -0.15) is 0 Å². The van der Waals surface area contributed by atoms with Crippen molar-refractivity contribution in [1.29, 1.82) is 0 Å². The predicted octanol–water partition coefficient (Wildman–Crippen LogP) is 7.95. The Morgan fingerprint density at radius 3 is 2.33 bits per heavy atom. The van der Waals surface area contributed by atoms with Gasteiger partial charge >= 0.3 is 0 Å². The number of benzene rings is 3. The van der Waals surface area contributed by atoms with Crippen LogP contribution in [0.5, 0.6) is 0 Å². The standard InChI is InChI=1S/C24H19NO.2C2H6/c1-16-8-10-22-20(13-16)14-18(21-7-3-5-17(2)24(21)22)9-11-23(26)19-6-4-12-25-15-19;2*1-2/h3-15H,1-2H3;2*1-2H3/b11-9+;;. The molecular weight excluding hydrogens is 366 g/mol. The maximum absolute atomic E-state index is 12.4. The highest BCUT2D eigenvalue weighted by Crippen LogP contribution is 2.32. The molecule has 0 bridgehead atoms. The number of nitrogens with zero attached hydrogens (tertiary/aromatic N) is 1. The average Bonchev–Trinajstić information content (AvgIpc) is 2.80. The van der Waals surface area contributed by atoms with E-state index < -0.39 is 0 Å². The van der Waals surface area contributed by atoms with Crippen molar-refractivity contribution in [2.24, 2.45) is 0 Å². The maximum Gasteiger partial charge on any atom is 0.187 e. The molecule has 0 aliphatic rings. The SMILES string of the molecule is CC.CC.Cc1ccc2c(c1)cc(/C=C/C(=O)c1cccnc1)c1cccc(C)c12. The molecule has 0 unspecified atom stereocenters. The van der Waals surface area contributed by atoms with E-state index in [4.69, 9.17) is 0 Å². The van der Waals surface area contributed by atoms with Crippen molar-refractivity contribution in [3.63, 3.8) is 0 Å². The zero-order chi connectivity index (χ0) is 22.1. The molecule has 2 nitrogen and oxygen atoms in total. The lowest BCUT2D eigenvalue weighted by Crippen LogP contribution is -1.94. The number of carbonyl (C=O) groups is 1. The van der Waals surface area contributed by atoms with Crippen LogP contribution in [-0.2, 0) is 0 Å². The van der Waals surface area contributed by atoms with Gasteiger partial charge in [0.15, 0.2) is 5.78 Å². The molecule has 1 aromatic heterocycles. The van der Waals surface area contributed by atoms with Gasteiger partial charge in [-0.05, 0) is 70.8 Å². The van der Waals surface area contributed by atoms with Crippen LogP contribution in [0.4, 0.5) is 0 Å². The van der Waals surface area contributed by atoms with Gasteiger partial charge < -0.3 is 0 Å². The third-order valence-electron chi connectivity index (χ3n) is 4.73. The summed E-state index contributed by atoms with van der Waals surface area (Å²) in [5.74, 6) is -0.0387. The molecule has 4 aromatic rings. The molecule has 0 fully saturated rings. The Kier molecular flexibility index (Phi) is 8.49. The molecule has 0 aliphatic carbocycles. The molecular formula is C28H31NO. The zero-order valence-electron chi connectivity index (χ0n) is 18.9. The van der Waals surface area contributed by atoms with Crippen LogP contribution in [0.3, 0.4) is 0 Å². The third-order valence-corrected chi connectivity index (χ3v) is 4.73. The van der Waals surface area contributed by atoms with Gasteiger partial charge in [0, 0.05) is 18.0 Å². The van der Waals surface area contributed by atoms with Crippen molar-refractivity contribution in [3.05, 3.63) is 95.3 Å². The minimum Gasteiger partial charge on any atom is -0.289 e. The van der Waals surface area contributed by atoms with Crippen molar-refractivity contribution in [2.45, 2.75) is 41.5 Å². The topological polar surface area (TPSA) is 30.0 Å². The lowest BCUT2D eigenvalue weighted by Gasteiger charge is -2.11. The second-order valence-corrected chi connectivity index (χ2v) is 6.63. The number of ketones is 1. The Morgan fingerprint density at radius 2 is 1.63 bits per heavy atom. The van der Waals surface area contributed by atoms with Gasteiger partial charge in [-0.25, -0.2) is 0 Å². The van der Waals surface area contributed by atoms with E-state index in [0.29, 0.717) is 5.56 Å².